The van der Waals surface area contributed by atoms with Crippen LogP contribution in [0.3, 0.4) is 0 Å². The molecule has 4 rings (SSSR count). The van der Waals surface area contributed by atoms with Crippen LogP contribution >= 0.6 is 0 Å². The second kappa shape index (κ2) is 9.51. The van der Waals surface area contributed by atoms with E-state index in [2.05, 4.69) is 10.6 Å². The lowest BCUT2D eigenvalue weighted by molar-refractivity contribution is 0.0316. The molecule has 0 bridgehead atoms. The lowest BCUT2D eigenvalue weighted by Gasteiger charge is -2.34. The third-order valence-corrected chi connectivity index (χ3v) is 5.91. The Hall–Kier alpha value is -3.93. The number of amides is 2. The Kier molecular flexibility index (Phi) is 6.50. The standard InChI is InChI=1S/C29H28N2O3/c1-21-13-17-25(18-14-21)28(33,23-9-5-3-6-10-23)30-27(32)31-29(34,24-11-7-4-8-12-24)26-19-15-22(2)16-20-26/h3-20,33-34H,1-2H3,(H2,30,31,32)/t28-,29-/m1/s1. The summed E-state index contributed by atoms with van der Waals surface area (Å²) in [6.07, 6.45) is 0. The fourth-order valence-electron chi connectivity index (χ4n) is 3.93. The van der Waals surface area contributed by atoms with E-state index >= 15 is 0 Å². The van der Waals surface area contributed by atoms with Crippen molar-refractivity contribution >= 4 is 6.03 Å². The molecule has 0 aromatic heterocycles. The van der Waals surface area contributed by atoms with Gasteiger partial charge >= 0.3 is 6.03 Å². The molecule has 0 spiro atoms. The minimum Gasteiger partial charge on any atom is -0.363 e. The van der Waals surface area contributed by atoms with E-state index in [0.717, 1.165) is 11.1 Å². The zero-order valence-electron chi connectivity index (χ0n) is 19.2. The fourth-order valence-corrected chi connectivity index (χ4v) is 3.93. The zero-order chi connectivity index (χ0) is 24.2. The number of aliphatic hydroxyl groups is 2. The van der Waals surface area contributed by atoms with E-state index < -0.39 is 17.5 Å². The molecular formula is C29H28N2O3. The van der Waals surface area contributed by atoms with Gasteiger partial charge in [0.1, 0.15) is 0 Å². The number of hydrogen-bond donors (Lipinski definition) is 4. The van der Waals surface area contributed by atoms with E-state index in [1.165, 1.54) is 0 Å². The SMILES string of the molecule is Cc1ccc([C@@](O)(NC(=O)N[C@@](O)(c2ccccc2)c2ccc(C)cc2)c2ccccc2)cc1. The Morgan fingerprint density at radius 1 is 0.529 bits per heavy atom. The number of carbonyl (C=O) groups is 1. The summed E-state index contributed by atoms with van der Waals surface area (Å²) in [6.45, 7) is 3.90. The van der Waals surface area contributed by atoms with Gasteiger partial charge < -0.3 is 20.8 Å². The van der Waals surface area contributed by atoms with Gasteiger partial charge in [0, 0.05) is 22.3 Å². The van der Waals surface area contributed by atoms with Crippen LogP contribution in [0.25, 0.3) is 0 Å². The van der Waals surface area contributed by atoms with Crippen molar-refractivity contribution < 1.29 is 15.0 Å². The average Bonchev–Trinajstić information content (AvgIpc) is 2.85. The molecule has 4 aromatic carbocycles. The molecule has 172 valence electrons. The first-order valence-corrected chi connectivity index (χ1v) is 11.1. The highest BCUT2D eigenvalue weighted by molar-refractivity contribution is 5.77. The molecule has 4 aromatic rings. The number of nitrogens with one attached hydrogen (secondary N) is 2. The molecule has 0 aliphatic rings. The third kappa shape index (κ3) is 4.71. The van der Waals surface area contributed by atoms with Crippen LogP contribution in [-0.4, -0.2) is 16.2 Å². The van der Waals surface area contributed by atoms with Crippen LogP contribution < -0.4 is 10.6 Å². The Labute approximate surface area is 199 Å². The molecule has 0 heterocycles. The molecule has 5 heteroatoms. The lowest BCUT2D eigenvalue weighted by Crippen LogP contribution is -2.56. The first kappa shape index (κ1) is 23.2. The van der Waals surface area contributed by atoms with Crippen LogP contribution in [0.15, 0.2) is 109 Å². The molecule has 34 heavy (non-hydrogen) atoms. The van der Waals surface area contributed by atoms with Crippen LogP contribution in [0, 0.1) is 13.8 Å². The second-order valence-corrected chi connectivity index (χ2v) is 8.46. The normalized spacial score (nSPS) is 14.5. The zero-order valence-corrected chi connectivity index (χ0v) is 19.2. The third-order valence-electron chi connectivity index (χ3n) is 5.91. The Bertz CT molecular complexity index is 1140. The largest absolute Gasteiger partial charge is 0.363 e. The lowest BCUT2D eigenvalue weighted by atomic mass is 9.92. The van der Waals surface area contributed by atoms with Crippen LogP contribution in [0.1, 0.15) is 33.4 Å². The number of aryl methyl sites for hydroxylation is 2. The minimum atomic E-state index is -1.82. The van der Waals surface area contributed by atoms with Gasteiger partial charge in [0.2, 0.25) is 0 Å². The first-order chi connectivity index (χ1) is 16.3. The van der Waals surface area contributed by atoms with Crippen LogP contribution in [-0.2, 0) is 11.4 Å². The summed E-state index contributed by atoms with van der Waals surface area (Å²) in [5.74, 6) is 0. The summed E-state index contributed by atoms with van der Waals surface area (Å²) < 4.78 is 0. The van der Waals surface area contributed by atoms with Gasteiger partial charge in [0.25, 0.3) is 0 Å². The summed E-state index contributed by atoms with van der Waals surface area (Å²) in [5, 5.41) is 28.9. The quantitative estimate of drug-likeness (QED) is 0.321. The molecule has 5 nitrogen and oxygen atoms in total. The molecule has 0 fully saturated rings. The number of carbonyl (C=O) groups excluding carboxylic acids is 1. The van der Waals surface area contributed by atoms with E-state index in [-0.39, 0.29) is 0 Å². The number of benzene rings is 4. The van der Waals surface area contributed by atoms with Crippen LogP contribution in [0.5, 0.6) is 0 Å². The van der Waals surface area contributed by atoms with E-state index in [4.69, 9.17) is 0 Å². The predicted molar refractivity (Wildman–Crippen MR) is 133 cm³/mol. The van der Waals surface area contributed by atoms with Crippen LogP contribution in [0.4, 0.5) is 4.79 Å². The molecule has 4 N–H and O–H groups in total. The second-order valence-electron chi connectivity index (χ2n) is 8.46. The molecule has 0 aliphatic heterocycles. The molecule has 0 radical (unpaired) electrons. The molecule has 2 atom stereocenters. The Balaban J connectivity index is 1.72. The highest BCUT2D eigenvalue weighted by atomic mass is 16.3. The summed E-state index contributed by atoms with van der Waals surface area (Å²) in [4.78, 5) is 13.4. The van der Waals surface area contributed by atoms with Crippen molar-refractivity contribution in [1.82, 2.24) is 10.6 Å². The summed E-state index contributed by atoms with van der Waals surface area (Å²) >= 11 is 0. The van der Waals surface area contributed by atoms with Crippen molar-refractivity contribution in [1.29, 1.82) is 0 Å². The maximum absolute atomic E-state index is 13.4. The molecule has 2 amide bonds. The van der Waals surface area contributed by atoms with Gasteiger partial charge in [-0.05, 0) is 13.8 Å². The van der Waals surface area contributed by atoms with E-state index in [0.29, 0.717) is 22.3 Å². The highest BCUT2D eigenvalue weighted by Gasteiger charge is 2.38. The molecular weight excluding hydrogens is 424 g/mol. The number of rotatable bonds is 6. The van der Waals surface area contributed by atoms with Gasteiger partial charge in [-0.25, -0.2) is 4.79 Å². The van der Waals surface area contributed by atoms with Crippen molar-refractivity contribution in [3.8, 4) is 0 Å². The predicted octanol–water partition coefficient (Wildman–Crippen LogP) is 4.69. The van der Waals surface area contributed by atoms with Gasteiger partial charge in [0.05, 0.1) is 0 Å². The van der Waals surface area contributed by atoms with Crippen molar-refractivity contribution in [2.24, 2.45) is 0 Å². The average molecular weight is 453 g/mol. The molecule has 0 saturated heterocycles. The molecule has 0 unspecified atom stereocenters. The maximum Gasteiger partial charge on any atom is 0.320 e. The highest BCUT2D eigenvalue weighted by Crippen LogP contribution is 2.30. The van der Waals surface area contributed by atoms with Gasteiger partial charge in [-0.2, -0.15) is 0 Å². The maximum atomic E-state index is 13.4. The van der Waals surface area contributed by atoms with Crippen molar-refractivity contribution in [2.45, 2.75) is 25.3 Å². The first-order valence-electron chi connectivity index (χ1n) is 11.1. The van der Waals surface area contributed by atoms with Gasteiger partial charge in [-0.3, -0.25) is 0 Å². The summed E-state index contributed by atoms with van der Waals surface area (Å²) in [6, 6.07) is 31.6. The van der Waals surface area contributed by atoms with Crippen LogP contribution in [0.2, 0.25) is 0 Å². The topological polar surface area (TPSA) is 81.6 Å². The van der Waals surface area contributed by atoms with Crippen molar-refractivity contribution in [2.75, 3.05) is 0 Å². The number of urea groups is 1. The van der Waals surface area contributed by atoms with E-state index in [1.807, 2.05) is 50.2 Å². The van der Waals surface area contributed by atoms with E-state index in [1.54, 1.807) is 72.8 Å². The van der Waals surface area contributed by atoms with Gasteiger partial charge in [-0.1, -0.05) is 120 Å². The minimum absolute atomic E-state index is 0.493. The van der Waals surface area contributed by atoms with E-state index in [9.17, 15) is 15.0 Å². The Morgan fingerprint density at radius 3 is 1.15 bits per heavy atom. The molecule has 0 saturated carbocycles. The monoisotopic (exact) mass is 452 g/mol. The summed E-state index contributed by atoms with van der Waals surface area (Å²) in [5.41, 5.74) is 0.410. The van der Waals surface area contributed by atoms with Gasteiger partial charge in [-0.15, -0.1) is 0 Å². The fraction of sp³-hybridized carbons (Fsp3) is 0.138. The van der Waals surface area contributed by atoms with Gasteiger partial charge in [0.15, 0.2) is 11.4 Å². The summed E-state index contributed by atoms with van der Waals surface area (Å²) in [7, 11) is 0. The Morgan fingerprint density at radius 2 is 0.824 bits per heavy atom. The smallest absolute Gasteiger partial charge is 0.320 e. The van der Waals surface area contributed by atoms with Crippen molar-refractivity contribution in [3.05, 3.63) is 143 Å². The number of hydrogen-bond acceptors (Lipinski definition) is 3. The molecule has 0 aliphatic carbocycles. The van der Waals surface area contributed by atoms with Crippen molar-refractivity contribution in [3.63, 3.8) is 0 Å².